The fourth-order valence-corrected chi connectivity index (χ4v) is 1.67. The third kappa shape index (κ3) is 8.12. The van der Waals surface area contributed by atoms with E-state index in [1.54, 1.807) is 14.2 Å². The summed E-state index contributed by atoms with van der Waals surface area (Å²) >= 11 is 0. The maximum absolute atomic E-state index is 11.6. The largest absolute Gasteiger partial charge is 0.354 e. The summed E-state index contributed by atoms with van der Waals surface area (Å²) in [6.07, 6.45) is 3.12. The Kier molecular flexibility index (Phi) is 10.1. The van der Waals surface area contributed by atoms with Gasteiger partial charge >= 0.3 is 0 Å². The average molecular weight is 246 g/mol. The fraction of sp³-hybridized carbons (Fsp3) is 0.917. The van der Waals surface area contributed by atoms with Gasteiger partial charge in [-0.1, -0.05) is 13.3 Å². The number of nitrogens with two attached hydrogens (primary N) is 1. The third-order valence-electron chi connectivity index (χ3n) is 2.92. The first-order chi connectivity index (χ1) is 8.17. The lowest BCUT2D eigenvalue weighted by Crippen LogP contribution is -2.34. The zero-order valence-electron chi connectivity index (χ0n) is 11.2. The van der Waals surface area contributed by atoms with Crippen molar-refractivity contribution in [2.24, 2.45) is 11.7 Å². The van der Waals surface area contributed by atoms with Gasteiger partial charge < -0.3 is 20.5 Å². The number of hydrogen-bond donors (Lipinski definition) is 2. The Morgan fingerprint density at radius 2 is 1.94 bits per heavy atom. The van der Waals surface area contributed by atoms with Crippen molar-refractivity contribution in [1.29, 1.82) is 0 Å². The van der Waals surface area contributed by atoms with Crippen molar-refractivity contribution >= 4 is 5.91 Å². The Morgan fingerprint density at radius 1 is 1.29 bits per heavy atom. The van der Waals surface area contributed by atoms with Gasteiger partial charge in [-0.2, -0.15) is 0 Å². The van der Waals surface area contributed by atoms with Crippen molar-refractivity contribution in [1.82, 2.24) is 5.32 Å². The molecule has 0 aliphatic rings. The van der Waals surface area contributed by atoms with Crippen LogP contribution in [0.1, 0.15) is 32.6 Å². The number of amides is 1. The second-order valence-electron chi connectivity index (χ2n) is 4.10. The van der Waals surface area contributed by atoms with E-state index in [2.05, 4.69) is 12.2 Å². The second-order valence-corrected chi connectivity index (χ2v) is 4.10. The van der Waals surface area contributed by atoms with Gasteiger partial charge in [0.2, 0.25) is 5.91 Å². The molecule has 0 saturated carbocycles. The van der Waals surface area contributed by atoms with E-state index in [0.29, 0.717) is 25.4 Å². The highest BCUT2D eigenvalue weighted by atomic mass is 16.7. The van der Waals surface area contributed by atoms with Crippen molar-refractivity contribution in [2.75, 3.05) is 27.3 Å². The Morgan fingerprint density at radius 3 is 2.41 bits per heavy atom. The van der Waals surface area contributed by atoms with Crippen LogP contribution in [0.5, 0.6) is 0 Å². The van der Waals surface area contributed by atoms with Crippen LogP contribution in [0.2, 0.25) is 0 Å². The van der Waals surface area contributed by atoms with Gasteiger partial charge in [0, 0.05) is 20.6 Å². The zero-order chi connectivity index (χ0) is 13.1. The van der Waals surface area contributed by atoms with Gasteiger partial charge in [-0.05, 0) is 25.3 Å². The predicted molar refractivity (Wildman–Crippen MR) is 67.5 cm³/mol. The molecule has 17 heavy (non-hydrogen) atoms. The molecule has 0 aliphatic carbocycles. The average Bonchev–Trinajstić information content (AvgIpc) is 2.35. The minimum Gasteiger partial charge on any atom is -0.354 e. The monoisotopic (exact) mass is 246 g/mol. The summed E-state index contributed by atoms with van der Waals surface area (Å²) in [7, 11) is 3.10. The van der Waals surface area contributed by atoms with Crippen LogP contribution < -0.4 is 11.1 Å². The quantitative estimate of drug-likeness (QED) is 0.561. The molecule has 1 atom stereocenters. The number of methoxy groups -OCH3 is 2. The molecule has 0 radical (unpaired) electrons. The van der Waals surface area contributed by atoms with Gasteiger partial charge in [0.1, 0.15) is 0 Å². The Hall–Kier alpha value is -0.650. The summed E-state index contributed by atoms with van der Waals surface area (Å²) in [6, 6.07) is 0. The highest BCUT2D eigenvalue weighted by molar-refractivity contribution is 5.75. The molecule has 0 saturated heterocycles. The van der Waals surface area contributed by atoms with E-state index in [1.807, 2.05) is 0 Å². The highest BCUT2D eigenvalue weighted by Gasteiger charge is 2.10. The van der Waals surface area contributed by atoms with Crippen LogP contribution >= 0.6 is 0 Å². The lowest BCUT2D eigenvalue weighted by atomic mass is 9.96. The number of nitrogens with one attached hydrogen (secondary N) is 1. The minimum atomic E-state index is -0.370. The van der Waals surface area contributed by atoms with Crippen LogP contribution in [0.3, 0.4) is 0 Å². The van der Waals surface area contributed by atoms with Crippen molar-refractivity contribution < 1.29 is 14.3 Å². The van der Waals surface area contributed by atoms with Crippen LogP contribution in [0, 0.1) is 5.92 Å². The second kappa shape index (κ2) is 10.5. The van der Waals surface area contributed by atoms with Crippen LogP contribution in [-0.4, -0.2) is 39.5 Å². The Balaban J connectivity index is 3.70. The van der Waals surface area contributed by atoms with Gasteiger partial charge in [0.05, 0.1) is 6.54 Å². The smallest absolute Gasteiger partial charge is 0.220 e. The molecular formula is C12H26N2O3. The topological polar surface area (TPSA) is 73.6 Å². The van der Waals surface area contributed by atoms with Crippen LogP contribution in [0.25, 0.3) is 0 Å². The van der Waals surface area contributed by atoms with Gasteiger partial charge in [0.15, 0.2) is 6.29 Å². The first-order valence-corrected chi connectivity index (χ1v) is 6.20. The number of rotatable bonds is 10. The van der Waals surface area contributed by atoms with Crippen LogP contribution in [-0.2, 0) is 14.3 Å². The van der Waals surface area contributed by atoms with Gasteiger partial charge in [0.25, 0.3) is 0 Å². The Labute approximate surface area is 104 Å². The molecule has 1 unspecified atom stereocenters. The number of hydrogen-bond acceptors (Lipinski definition) is 4. The third-order valence-corrected chi connectivity index (χ3v) is 2.92. The lowest BCUT2D eigenvalue weighted by molar-refractivity contribution is -0.127. The molecule has 0 heterocycles. The molecule has 5 nitrogen and oxygen atoms in total. The molecule has 0 aromatic heterocycles. The van der Waals surface area contributed by atoms with E-state index in [9.17, 15) is 4.79 Å². The Bertz CT molecular complexity index is 196. The molecule has 1 amide bonds. The van der Waals surface area contributed by atoms with Gasteiger partial charge in [-0.15, -0.1) is 0 Å². The van der Waals surface area contributed by atoms with Crippen molar-refractivity contribution in [3.05, 3.63) is 0 Å². The molecule has 5 heteroatoms. The molecule has 0 fully saturated rings. The first kappa shape index (κ1) is 16.4. The predicted octanol–water partition coefficient (Wildman–Crippen LogP) is 0.877. The van der Waals surface area contributed by atoms with E-state index in [-0.39, 0.29) is 12.2 Å². The summed E-state index contributed by atoms with van der Waals surface area (Å²) < 4.78 is 9.96. The van der Waals surface area contributed by atoms with E-state index in [0.717, 1.165) is 19.3 Å². The molecule has 0 aromatic rings. The molecular weight excluding hydrogens is 220 g/mol. The fourth-order valence-electron chi connectivity index (χ4n) is 1.67. The summed E-state index contributed by atoms with van der Waals surface area (Å²) in [5, 5.41) is 2.79. The molecule has 0 bridgehead atoms. The summed E-state index contributed by atoms with van der Waals surface area (Å²) in [6.45, 7) is 3.21. The van der Waals surface area contributed by atoms with E-state index in [4.69, 9.17) is 15.2 Å². The SMILES string of the molecule is CCC(CCN)CCC(=O)NCC(OC)OC. The van der Waals surface area contributed by atoms with Crippen molar-refractivity contribution in [2.45, 2.75) is 38.9 Å². The molecule has 0 spiro atoms. The summed E-state index contributed by atoms with van der Waals surface area (Å²) in [5.41, 5.74) is 5.51. The number of carbonyl (C=O) groups excluding carboxylic acids is 1. The molecule has 0 rings (SSSR count). The maximum Gasteiger partial charge on any atom is 0.220 e. The van der Waals surface area contributed by atoms with Crippen molar-refractivity contribution in [3.8, 4) is 0 Å². The zero-order valence-corrected chi connectivity index (χ0v) is 11.2. The highest BCUT2D eigenvalue weighted by Crippen LogP contribution is 2.14. The first-order valence-electron chi connectivity index (χ1n) is 6.20. The standard InChI is InChI=1S/C12H26N2O3/c1-4-10(7-8-13)5-6-11(15)14-9-12(16-2)17-3/h10,12H,4-9,13H2,1-3H3,(H,14,15). The van der Waals surface area contributed by atoms with E-state index >= 15 is 0 Å². The van der Waals surface area contributed by atoms with Gasteiger partial charge in [-0.3, -0.25) is 4.79 Å². The van der Waals surface area contributed by atoms with Crippen LogP contribution in [0.4, 0.5) is 0 Å². The minimum absolute atomic E-state index is 0.0413. The molecule has 3 N–H and O–H groups in total. The molecule has 0 aliphatic heterocycles. The maximum atomic E-state index is 11.6. The number of ether oxygens (including phenoxy) is 2. The number of carbonyl (C=O) groups is 1. The van der Waals surface area contributed by atoms with E-state index in [1.165, 1.54) is 0 Å². The van der Waals surface area contributed by atoms with E-state index < -0.39 is 0 Å². The molecule has 102 valence electrons. The molecule has 0 aromatic carbocycles. The normalized spacial score (nSPS) is 12.8. The lowest BCUT2D eigenvalue weighted by Gasteiger charge is -2.15. The van der Waals surface area contributed by atoms with Crippen LogP contribution in [0.15, 0.2) is 0 Å². The summed E-state index contributed by atoms with van der Waals surface area (Å²) in [4.78, 5) is 11.6. The summed E-state index contributed by atoms with van der Waals surface area (Å²) in [5.74, 6) is 0.589. The van der Waals surface area contributed by atoms with Gasteiger partial charge in [-0.25, -0.2) is 0 Å². The van der Waals surface area contributed by atoms with Crippen molar-refractivity contribution in [3.63, 3.8) is 0 Å².